The Morgan fingerprint density at radius 1 is 1.06 bits per heavy atom. The second-order valence-corrected chi connectivity index (χ2v) is 15.3. The van der Waals surface area contributed by atoms with E-state index in [2.05, 4.69) is 22.8 Å². The van der Waals surface area contributed by atoms with Crippen molar-refractivity contribution >= 4 is 37.2 Å². The minimum Gasteiger partial charge on any atom is -0.463 e. The van der Waals surface area contributed by atoms with Gasteiger partial charge in [-0.15, -0.1) is 0 Å². The van der Waals surface area contributed by atoms with Gasteiger partial charge in [-0.25, -0.2) is 4.98 Å². The van der Waals surface area contributed by atoms with E-state index in [1.54, 1.807) is 18.5 Å². The van der Waals surface area contributed by atoms with Crippen LogP contribution in [0.3, 0.4) is 0 Å². The Labute approximate surface area is 275 Å². The van der Waals surface area contributed by atoms with Crippen molar-refractivity contribution in [3.63, 3.8) is 0 Å². The molecule has 1 aliphatic rings. The van der Waals surface area contributed by atoms with Crippen LogP contribution in [0.4, 0.5) is 0 Å². The van der Waals surface area contributed by atoms with Crippen LogP contribution in [0.15, 0.2) is 35.3 Å². The van der Waals surface area contributed by atoms with Gasteiger partial charge in [-0.3, -0.25) is 18.7 Å². The molecular formula is C31H45N3O11S2. The summed E-state index contributed by atoms with van der Waals surface area (Å²) in [5.74, 6) is -1.55. The normalized spacial score (nSPS) is 15.7. The number of aryl methyl sites for hydroxylation is 3. The molecular weight excluding hydrogens is 654 g/mol. The summed E-state index contributed by atoms with van der Waals surface area (Å²) in [6.45, 7) is 9.48. The maximum absolute atomic E-state index is 12.5. The number of benzene rings is 1. The number of esters is 1. The Kier molecular flexibility index (Phi) is 13.3. The molecule has 2 aromatic heterocycles. The highest BCUT2D eigenvalue weighted by molar-refractivity contribution is 7.89. The van der Waals surface area contributed by atoms with Gasteiger partial charge in [0.1, 0.15) is 5.82 Å². The smallest absolute Gasteiger partial charge is 0.311 e. The van der Waals surface area contributed by atoms with E-state index in [0.29, 0.717) is 24.3 Å². The topological polar surface area (TPSA) is 204 Å². The molecule has 1 aromatic carbocycles. The number of hydrogen-bond acceptors (Lipinski definition) is 10. The van der Waals surface area contributed by atoms with E-state index < -0.39 is 43.8 Å². The monoisotopic (exact) mass is 699 g/mol. The predicted octanol–water partition coefficient (Wildman–Crippen LogP) is 2.78. The average molecular weight is 700 g/mol. The van der Waals surface area contributed by atoms with Crippen LogP contribution in [0, 0.1) is 18.8 Å². The summed E-state index contributed by atoms with van der Waals surface area (Å²) in [6, 6.07) is 8.16. The van der Waals surface area contributed by atoms with Crippen LogP contribution in [0.25, 0.3) is 22.4 Å². The third-order valence-electron chi connectivity index (χ3n) is 7.80. The zero-order chi connectivity index (χ0) is 35.1. The number of imidazole rings is 1. The molecule has 0 bridgehead atoms. The molecule has 2 atom stereocenters. The van der Waals surface area contributed by atoms with Gasteiger partial charge in [0.05, 0.1) is 40.7 Å². The number of aromatic nitrogens is 3. The number of pyridine rings is 1. The third kappa shape index (κ3) is 11.8. The molecule has 3 aromatic rings. The highest BCUT2D eigenvalue weighted by atomic mass is 32.2. The molecule has 0 saturated carbocycles. The summed E-state index contributed by atoms with van der Waals surface area (Å²) in [5.41, 5.74) is 4.56. The van der Waals surface area contributed by atoms with Crippen LogP contribution < -0.4 is 5.56 Å². The van der Waals surface area contributed by atoms with E-state index in [4.69, 9.17) is 23.6 Å². The van der Waals surface area contributed by atoms with Crippen molar-refractivity contribution in [3.8, 4) is 11.4 Å². The molecule has 16 heteroatoms. The molecule has 0 aliphatic carbocycles. The molecule has 1 aliphatic heterocycles. The minimum absolute atomic E-state index is 0.0122. The van der Waals surface area contributed by atoms with Gasteiger partial charge in [0.15, 0.2) is 0 Å². The van der Waals surface area contributed by atoms with E-state index in [-0.39, 0.29) is 17.6 Å². The standard InChI is InChI=1S/C29H39N3O5.C2H6O6S2/c1-18(2)37-29(35)24(20(4)33)8-6-21-7-9-26-25(15-21)30-27(23-14-19(3)28(34)31(5)17-23)32(26)16-22-10-12-36-13-11-22;3-9(4,5)1-2-10(6,7)8/h7,9,14-15,17-18,20,22,24,33H,6,8,10-13,16H2,1-5H3;1-2H2,(H,3,4,5)(H,6,7,8)/t20-,24+;/m1./s1. The summed E-state index contributed by atoms with van der Waals surface area (Å²) in [4.78, 5) is 29.8. The zero-order valence-electron chi connectivity index (χ0n) is 27.3. The molecule has 1 saturated heterocycles. The van der Waals surface area contributed by atoms with Crippen molar-refractivity contribution in [1.29, 1.82) is 0 Å². The minimum atomic E-state index is -4.30. The van der Waals surface area contributed by atoms with Crippen molar-refractivity contribution in [2.24, 2.45) is 18.9 Å². The molecule has 1 fully saturated rings. The van der Waals surface area contributed by atoms with Crippen LogP contribution in [0.2, 0.25) is 0 Å². The molecule has 3 heterocycles. The molecule has 0 spiro atoms. The molecule has 47 heavy (non-hydrogen) atoms. The predicted molar refractivity (Wildman–Crippen MR) is 176 cm³/mol. The second-order valence-electron chi connectivity index (χ2n) is 12.2. The lowest BCUT2D eigenvalue weighted by Crippen LogP contribution is -2.30. The van der Waals surface area contributed by atoms with E-state index in [1.165, 1.54) is 0 Å². The first-order valence-electron chi connectivity index (χ1n) is 15.4. The van der Waals surface area contributed by atoms with E-state index in [9.17, 15) is 31.5 Å². The van der Waals surface area contributed by atoms with Gasteiger partial charge in [-0.2, -0.15) is 16.8 Å². The Bertz CT molecular complexity index is 1750. The van der Waals surface area contributed by atoms with Crippen molar-refractivity contribution < 1.29 is 45.3 Å². The number of carbonyl (C=O) groups excluding carboxylic acids is 1. The first-order chi connectivity index (χ1) is 21.8. The van der Waals surface area contributed by atoms with E-state index in [0.717, 1.165) is 60.6 Å². The largest absolute Gasteiger partial charge is 0.463 e. The first-order valence-corrected chi connectivity index (χ1v) is 18.6. The van der Waals surface area contributed by atoms with Crippen molar-refractivity contribution in [3.05, 3.63) is 51.9 Å². The number of fused-ring (bicyclic) bond motifs is 1. The van der Waals surface area contributed by atoms with Crippen LogP contribution in [-0.2, 0) is 54.5 Å². The van der Waals surface area contributed by atoms with Crippen LogP contribution in [-0.4, -0.2) is 88.1 Å². The second kappa shape index (κ2) is 16.3. The first kappa shape index (κ1) is 38.3. The number of nitrogens with zero attached hydrogens (tertiary/aromatic N) is 3. The number of rotatable bonds is 12. The summed E-state index contributed by atoms with van der Waals surface area (Å²) in [6.07, 6.45) is 3.99. The van der Waals surface area contributed by atoms with Gasteiger partial charge in [0.25, 0.3) is 25.8 Å². The fourth-order valence-corrected chi connectivity index (χ4v) is 7.02. The van der Waals surface area contributed by atoms with Gasteiger partial charge in [0.2, 0.25) is 0 Å². The SMILES string of the molecule is Cc1cc(-c2nc3cc(CC[C@H](C(=O)OC(C)C)[C@@H](C)O)ccc3n2CC2CCOCC2)cn(C)c1=O.O=S(=O)(O)CCS(=O)(=O)O. The Balaban J connectivity index is 0.000000520. The van der Waals surface area contributed by atoms with Crippen molar-refractivity contribution in [1.82, 2.24) is 14.1 Å². The number of hydrogen-bond donors (Lipinski definition) is 3. The summed E-state index contributed by atoms with van der Waals surface area (Å²) in [5, 5.41) is 10.2. The number of aliphatic hydroxyl groups is 1. The van der Waals surface area contributed by atoms with Crippen LogP contribution >= 0.6 is 0 Å². The number of carbonyl (C=O) groups is 1. The Hall–Kier alpha value is -3.15. The average Bonchev–Trinajstić information content (AvgIpc) is 3.31. The fourth-order valence-electron chi connectivity index (χ4n) is 5.33. The lowest BCUT2D eigenvalue weighted by Gasteiger charge is -2.23. The molecule has 4 rings (SSSR count). The van der Waals surface area contributed by atoms with Gasteiger partial charge in [-0.05, 0) is 83.1 Å². The maximum Gasteiger partial charge on any atom is 0.311 e. The highest BCUT2D eigenvalue weighted by Crippen LogP contribution is 2.29. The fraction of sp³-hybridized carbons (Fsp3) is 0.581. The van der Waals surface area contributed by atoms with Gasteiger partial charge < -0.3 is 23.7 Å². The van der Waals surface area contributed by atoms with Gasteiger partial charge in [0, 0.05) is 44.1 Å². The zero-order valence-corrected chi connectivity index (χ0v) is 29.0. The van der Waals surface area contributed by atoms with E-state index in [1.807, 2.05) is 33.0 Å². The summed E-state index contributed by atoms with van der Waals surface area (Å²) < 4.78 is 70.2. The molecule has 262 valence electrons. The lowest BCUT2D eigenvalue weighted by molar-refractivity contribution is -0.156. The number of ether oxygens (including phenoxy) is 2. The molecule has 0 unspecified atom stereocenters. The lowest BCUT2D eigenvalue weighted by atomic mass is 9.95. The number of aliphatic hydroxyl groups excluding tert-OH is 1. The van der Waals surface area contributed by atoms with Crippen molar-refractivity contribution in [2.75, 3.05) is 24.7 Å². The Morgan fingerprint density at radius 2 is 1.68 bits per heavy atom. The molecule has 0 amide bonds. The Morgan fingerprint density at radius 3 is 2.21 bits per heavy atom. The van der Waals surface area contributed by atoms with Gasteiger partial charge in [-0.1, -0.05) is 6.07 Å². The highest BCUT2D eigenvalue weighted by Gasteiger charge is 2.26. The molecule has 3 N–H and O–H groups in total. The summed E-state index contributed by atoms with van der Waals surface area (Å²) in [7, 11) is -6.82. The maximum atomic E-state index is 12.5. The van der Waals surface area contributed by atoms with Crippen LogP contribution in [0.1, 0.15) is 51.2 Å². The third-order valence-corrected chi connectivity index (χ3v) is 9.49. The van der Waals surface area contributed by atoms with E-state index >= 15 is 0 Å². The molecule has 14 nitrogen and oxygen atoms in total. The van der Waals surface area contributed by atoms with Crippen molar-refractivity contribution in [2.45, 2.75) is 72.1 Å². The van der Waals surface area contributed by atoms with Gasteiger partial charge >= 0.3 is 5.97 Å². The van der Waals surface area contributed by atoms with Crippen LogP contribution in [0.5, 0.6) is 0 Å². The molecule has 0 radical (unpaired) electrons. The summed E-state index contributed by atoms with van der Waals surface area (Å²) >= 11 is 0. The quantitative estimate of drug-likeness (QED) is 0.184.